The number of ether oxygens (including phenoxy) is 2. The Morgan fingerprint density at radius 2 is 1.79 bits per heavy atom. The number of hydrogen-bond donors (Lipinski definition) is 2. The van der Waals surface area contributed by atoms with Gasteiger partial charge < -0.3 is 15.2 Å². The Morgan fingerprint density at radius 3 is 2.32 bits per heavy atom. The monoisotopic (exact) mass is 282 g/mol. The molecule has 0 aliphatic heterocycles. The Balaban J connectivity index is 0.00000180. The van der Waals surface area contributed by atoms with E-state index >= 15 is 0 Å². The Kier molecular flexibility index (Phi) is 5.00. The van der Waals surface area contributed by atoms with Gasteiger partial charge in [0.1, 0.15) is 11.5 Å². The molecule has 0 radical (unpaired) electrons. The first kappa shape index (κ1) is 15.6. The van der Waals surface area contributed by atoms with Crippen molar-refractivity contribution in [3.63, 3.8) is 0 Å². The normalized spacial score (nSPS) is 22.1. The molecule has 0 saturated heterocycles. The van der Waals surface area contributed by atoms with Crippen molar-refractivity contribution in [3.05, 3.63) is 47.7 Å². The lowest BCUT2D eigenvalue weighted by Gasteiger charge is -2.29. The smallest absolute Gasteiger partial charge is 0.142 e. The van der Waals surface area contributed by atoms with Crippen molar-refractivity contribution in [1.82, 2.24) is 0 Å². The van der Waals surface area contributed by atoms with Crippen LogP contribution in [0.15, 0.2) is 42.2 Å². The standard InChI is InChI=1S/C14H18N2O2.ClH/c1-17-13-9-14(16,18-2)8-7-12(13)10-3-5-11(15)6-4-10;/h3-8H,9,15-16H2,1-2H3;1H. The molecule has 2 rings (SSSR count). The van der Waals surface area contributed by atoms with Gasteiger partial charge in [0.25, 0.3) is 0 Å². The van der Waals surface area contributed by atoms with Gasteiger partial charge in [-0.3, -0.25) is 5.73 Å². The Hall–Kier alpha value is -1.49. The lowest BCUT2D eigenvalue weighted by Crippen LogP contribution is -2.41. The predicted molar refractivity (Wildman–Crippen MR) is 79.7 cm³/mol. The van der Waals surface area contributed by atoms with Crippen molar-refractivity contribution < 1.29 is 9.47 Å². The van der Waals surface area contributed by atoms with Crippen LogP contribution >= 0.6 is 12.4 Å². The number of nitrogen functional groups attached to an aromatic ring is 1. The second-order valence-electron chi connectivity index (χ2n) is 4.33. The first-order valence-electron chi connectivity index (χ1n) is 5.74. The van der Waals surface area contributed by atoms with Gasteiger partial charge in [-0.2, -0.15) is 0 Å². The summed E-state index contributed by atoms with van der Waals surface area (Å²) < 4.78 is 10.7. The third-order valence-electron chi connectivity index (χ3n) is 3.12. The first-order chi connectivity index (χ1) is 8.58. The SMILES string of the molecule is COC1=C(c2ccc(N)cc2)C=CC(N)(OC)C1.Cl. The molecule has 1 aromatic carbocycles. The summed E-state index contributed by atoms with van der Waals surface area (Å²) >= 11 is 0. The zero-order chi connectivity index (χ0) is 13.2. The van der Waals surface area contributed by atoms with Crippen molar-refractivity contribution >= 4 is 23.7 Å². The number of allylic oxidation sites excluding steroid dienone is 2. The average Bonchev–Trinajstić information content (AvgIpc) is 2.40. The Bertz CT molecular complexity index is 497. The van der Waals surface area contributed by atoms with E-state index < -0.39 is 5.72 Å². The van der Waals surface area contributed by atoms with Crippen molar-refractivity contribution in [2.75, 3.05) is 20.0 Å². The van der Waals surface area contributed by atoms with Gasteiger partial charge in [0.15, 0.2) is 0 Å². The topological polar surface area (TPSA) is 70.5 Å². The van der Waals surface area contributed by atoms with Crippen LogP contribution in [-0.2, 0) is 9.47 Å². The molecule has 1 aliphatic carbocycles. The van der Waals surface area contributed by atoms with E-state index in [0.29, 0.717) is 6.42 Å². The van der Waals surface area contributed by atoms with Crippen molar-refractivity contribution in [2.24, 2.45) is 5.73 Å². The first-order valence-corrected chi connectivity index (χ1v) is 5.74. The summed E-state index contributed by atoms with van der Waals surface area (Å²) in [5, 5.41) is 0. The van der Waals surface area contributed by atoms with E-state index in [2.05, 4.69) is 0 Å². The number of methoxy groups -OCH3 is 2. The summed E-state index contributed by atoms with van der Waals surface area (Å²) in [7, 11) is 3.23. The van der Waals surface area contributed by atoms with E-state index in [9.17, 15) is 0 Å². The summed E-state index contributed by atoms with van der Waals surface area (Å²) in [6.45, 7) is 0. The van der Waals surface area contributed by atoms with Gasteiger partial charge in [-0.25, -0.2) is 0 Å². The van der Waals surface area contributed by atoms with E-state index in [1.807, 2.05) is 36.4 Å². The molecule has 4 N–H and O–H groups in total. The number of halogens is 1. The number of anilines is 1. The van der Waals surface area contributed by atoms with Gasteiger partial charge in [-0.1, -0.05) is 18.2 Å². The van der Waals surface area contributed by atoms with E-state index in [4.69, 9.17) is 20.9 Å². The maximum atomic E-state index is 6.05. The second kappa shape index (κ2) is 6.10. The highest BCUT2D eigenvalue weighted by Gasteiger charge is 2.28. The quantitative estimate of drug-likeness (QED) is 0.659. The fourth-order valence-electron chi connectivity index (χ4n) is 1.96. The summed E-state index contributed by atoms with van der Waals surface area (Å²) in [5.74, 6) is 0.812. The molecule has 0 saturated carbocycles. The molecule has 4 nitrogen and oxygen atoms in total. The van der Waals surface area contributed by atoms with E-state index in [0.717, 1.165) is 22.6 Å². The average molecular weight is 283 g/mol. The molecule has 104 valence electrons. The lowest BCUT2D eigenvalue weighted by molar-refractivity contribution is 0.0258. The van der Waals surface area contributed by atoms with Crippen LogP contribution < -0.4 is 11.5 Å². The van der Waals surface area contributed by atoms with Gasteiger partial charge in [0.2, 0.25) is 0 Å². The molecule has 1 atom stereocenters. The van der Waals surface area contributed by atoms with Crippen molar-refractivity contribution in [3.8, 4) is 0 Å². The molecule has 0 heterocycles. The van der Waals surface area contributed by atoms with Crippen LogP contribution in [0, 0.1) is 0 Å². The van der Waals surface area contributed by atoms with E-state index in [1.54, 1.807) is 14.2 Å². The van der Waals surface area contributed by atoms with Gasteiger partial charge in [0.05, 0.1) is 13.5 Å². The van der Waals surface area contributed by atoms with Gasteiger partial charge in [0, 0.05) is 18.4 Å². The minimum atomic E-state index is -0.789. The fourth-order valence-corrected chi connectivity index (χ4v) is 1.96. The van der Waals surface area contributed by atoms with Crippen molar-refractivity contribution in [2.45, 2.75) is 12.1 Å². The van der Waals surface area contributed by atoms with Gasteiger partial charge in [-0.05, 0) is 23.8 Å². The van der Waals surface area contributed by atoms with Crippen LogP contribution in [0.1, 0.15) is 12.0 Å². The van der Waals surface area contributed by atoms with Gasteiger partial charge in [-0.15, -0.1) is 12.4 Å². The highest BCUT2D eigenvalue weighted by molar-refractivity contribution is 5.85. The van der Waals surface area contributed by atoms with Crippen molar-refractivity contribution in [1.29, 1.82) is 0 Å². The number of rotatable bonds is 3. The van der Waals surface area contributed by atoms with Crippen LogP contribution in [0.4, 0.5) is 5.69 Å². The zero-order valence-corrected chi connectivity index (χ0v) is 11.9. The number of benzene rings is 1. The molecule has 0 aromatic heterocycles. The minimum Gasteiger partial charge on any atom is -0.500 e. The molecule has 5 heteroatoms. The predicted octanol–water partition coefficient (Wildman–Crippen LogP) is 2.31. The number of nitrogens with two attached hydrogens (primary N) is 2. The minimum absolute atomic E-state index is 0. The van der Waals surface area contributed by atoms with Crippen LogP contribution in [0.5, 0.6) is 0 Å². The van der Waals surface area contributed by atoms with Crippen LogP contribution in [0.25, 0.3) is 5.57 Å². The largest absolute Gasteiger partial charge is 0.500 e. The summed E-state index contributed by atoms with van der Waals surface area (Å²) in [6, 6.07) is 7.66. The molecule has 1 aromatic rings. The molecule has 0 fully saturated rings. The van der Waals surface area contributed by atoms with E-state index in [-0.39, 0.29) is 12.4 Å². The molecule has 0 amide bonds. The third-order valence-corrected chi connectivity index (χ3v) is 3.12. The van der Waals surface area contributed by atoms with E-state index in [1.165, 1.54) is 0 Å². The molecule has 1 unspecified atom stereocenters. The summed E-state index contributed by atoms with van der Waals surface area (Å²) in [6.07, 6.45) is 4.29. The lowest BCUT2D eigenvalue weighted by atomic mass is 9.93. The highest BCUT2D eigenvalue weighted by atomic mass is 35.5. The summed E-state index contributed by atoms with van der Waals surface area (Å²) in [5.41, 5.74) is 13.7. The zero-order valence-electron chi connectivity index (χ0n) is 11.1. The number of hydrogen-bond acceptors (Lipinski definition) is 4. The second-order valence-corrected chi connectivity index (χ2v) is 4.33. The molecule has 0 spiro atoms. The maximum absolute atomic E-state index is 6.05. The summed E-state index contributed by atoms with van der Waals surface area (Å²) in [4.78, 5) is 0. The van der Waals surface area contributed by atoms with Gasteiger partial charge >= 0.3 is 0 Å². The molecule has 1 aliphatic rings. The molecular weight excluding hydrogens is 264 g/mol. The van der Waals surface area contributed by atoms with Crippen LogP contribution in [-0.4, -0.2) is 19.9 Å². The Labute approximate surface area is 119 Å². The Morgan fingerprint density at radius 1 is 1.16 bits per heavy atom. The molecule has 0 bridgehead atoms. The highest BCUT2D eigenvalue weighted by Crippen LogP contribution is 2.32. The molecular formula is C14H19ClN2O2. The van der Waals surface area contributed by atoms with Crippen LogP contribution in [0.2, 0.25) is 0 Å². The molecule has 19 heavy (non-hydrogen) atoms. The fraction of sp³-hybridized carbons (Fsp3) is 0.286. The third kappa shape index (κ3) is 3.29. The van der Waals surface area contributed by atoms with Crippen LogP contribution in [0.3, 0.4) is 0 Å². The maximum Gasteiger partial charge on any atom is 0.142 e.